The number of nitrogens with zero attached hydrogens (tertiary/aromatic N) is 2. The molecule has 0 aliphatic heterocycles. The minimum absolute atomic E-state index is 0.288. The maximum atomic E-state index is 11.6. The molecule has 0 spiro atoms. The fourth-order valence-electron chi connectivity index (χ4n) is 1.76. The lowest BCUT2D eigenvalue weighted by molar-refractivity contribution is 0.0997. The summed E-state index contributed by atoms with van der Waals surface area (Å²) in [4.78, 5) is 23.6. The highest BCUT2D eigenvalue weighted by molar-refractivity contribution is 7.99. The molecule has 0 bridgehead atoms. The van der Waals surface area contributed by atoms with Crippen LogP contribution in [0.15, 0.2) is 33.0 Å². The third-order valence-electron chi connectivity index (χ3n) is 2.67. The quantitative estimate of drug-likeness (QED) is 0.705. The molecule has 0 unspecified atom stereocenters. The van der Waals surface area contributed by atoms with Crippen molar-refractivity contribution in [3.63, 3.8) is 0 Å². The van der Waals surface area contributed by atoms with Crippen molar-refractivity contribution >= 4 is 23.4 Å². The zero-order chi connectivity index (χ0) is 14.7. The number of benzene rings is 1. The molecule has 0 saturated heterocycles. The van der Waals surface area contributed by atoms with Crippen LogP contribution in [0.2, 0.25) is 0 Å². The molecule has 0 aliphatic rings. The fourth-order valence-corrected chi connectivity index (χ4v) is 2.78. The zero-order valence-electron chi connectivity index (χ0n) is 10.9. The van der Waals surface area contributed by atoms with Gasteiger partial charge in [-0.3, -0.25) is 9.36 Å². The van der Waals surface area contributed by atoms with Crippen LogP contribution >= 0.6 is 11.8 Å². The average molecular weight is 293 g/mol. The Bertz CT molecular complexity index is 691. The van der Waals surface area contributed by atoms with E-state index in [0.29, 0.717) is 27.8 Å². The lowest BCUT2D eigenvalue weighted by Crippen LogP contribution is -2.17. The Morgan fingerprint density at radius 2 is 2.25 bits per heavy atom. The number of primary amides is 1. The molecular weight excluding hydrogens is 278 g/mol. The number of hydrogen-bond acceptors (Lipinski definition) is 5. The normalized spacial score (nSPS) is 10.7. The summed E-state index contributed by atoms with van der Waals surface area (Å²) < 4.78 is 1.50. The Morgan fingerprint density at radius 1 is 1.50 bits per heavy atom. The smallest absolute Gasteiger partial charge is 0.343 e. The highest BCUT2D eigenvalue weighted by atomic mass is 32.2. The maximum absolute atomic E-state index is 11.6. The van der Waals surface area contributed by atoms with Gasteiger partial charge in [-0.15, -0.1) is 5.10 Å². The van der Waals surface area contributed by atoms with Gasteiger partial charge in [-0.05, 0) is 30.3 Å². The highest BCUT2D eigenvalue weighted by Crippen LogP contribution is 2.33. The van der Waals surface area contributed by atoms with Gasteiger partial charge in [0.05, 0.1) is 10.5 Å². The molecule has 1 aromatic carbocycles. The second kappa shape index (κ2) is 5.83. The summed E-state index contributed by atoms with van der Waals surface area (Å²) >= 11 is 1.15. The van der Waals surface area contributed by atoms with E-state index in [2.05, 4.69) is 10.2 Å². The van der Waals surface area contributed by atoms with Gasteiger partial charge in [0.25, 0.3) is 0 Å². The van der Waals surface area contributed by atoms with Gasteiger partial charge in [-0.2, -0.15) is 0 Å². The van der Waals surface area contributed by atoms with E-state index in [9.17, 15) is 9.59 Å². The van der Waals surface area contributed by atoms with E-state index in [-0.39, 0.29) is 5.69 Å². The van der Waals surface area contributed by atoms with Crippen molar-refractivity contribution < 1.29 is 4.79 Å². The van der Waals surface area contributed by atoms with Crippen molar-refractivity contribution in [3.05, 3.63) is 34.2 Å². The molecule has 20 heavy (non-hydrogen) atoms. The van der Waals surface area contributed by atoms with Crippen LogP contribution < -0.4 is 17.2 Å². The summed E-state index contributed by atoms with van der Waals surface area (Å²) in [7, 11) is 0. The largest absolute Gasteiger partial charge is 0.398 e. The zero-order valence-corrected chi connectivity index (χ0v) is 11.7. The number of nitrogens with two attached hydrogens (primary N) is 2. The van der Waals surface area contributed by atoms with E-state index in [1.54, 1.807) is 18.2 Å². The van der Waals surface area contributed by atoms with Crippen LogP contribution in [0.25, 0.3) is 0 Å². The number of carbonyl (C=O) groups excluding carboxylic acids is 1. The van der Waals surface area contributed by atoms with Crippen LogP contribution in [0.5, 0.6) is 0 Å². The first-order valence-corrected chi connectivity index (χ1v) is 6.87. The molecule has 2 aromatic rings. The van der Waals surface area contributed by atoms with Gasteiger partial charge in [0.1, 0.15) is 0 Å². The third-order valence-corrected chi connectivity index (χ3v) is 3.83. The second-order valence-corrected chi connectivity index (χ2v) is 5.13. The van der Waals surface area contributed by atoms with Crippen LogP contribution in [0, 0.1) is 0 Å². The van der Waals surface area contributed by atoms with E-state index in [4.69, 9.17) is 11.5 Å². The summed E-state index contributed by atoms with van der Waals surface area (Å²) in [5.41, 5.74) is 11.7. The Kier molecular flexibility index (Phi) is 4.14. The number of hydrogen-bond donors (Lipinski definition) is 3. The van der Waals surface area contributed by atoms with Crippen LogP contribution in [0.3, 0.4) is 0 Å². The van der Waals surface area contributed by atoms with Gasteiger partial charge in [-0.25, -0.2) is 9.89 Å². The van der Waals surface area contributed by atoms with E-state index in [1.807, 2.05) is 6.92 Å². The monoisotopic (exact) mass is 293 g/mol. The predicted molar refractivity (Wildman–Crippen MR) is 76.6 cm³/mol. The van der Waals surface area contributed by atoms with Crippen LogP contribution in [0.1, 0.15) is 23.7 Å². The summed E-state index contributed by atoms with van der Waals surface area (Å²) in [5.74, 6) is -0.570. The van der Waals surface area contributed by atoms with Crippen molar-refractivity contribution in [2.75, 3.05) is 5.73 Å². The standard InChI is InChI=1S/C12H15N5O2S/c1-2-6-17-11(19)15-16-12(17)20-9-7(10(14)18)4-3-5-8(9)13/h3-5H,2,6,13H2,1H3,(H2,14,18)(H,15,19). The summed E-state index contributed by atoms with van der Waals surface area (Å²) in [6.07, 6.45) is 0.792. The van der Waals surface area contributed by atoms with Crippen LogP contribution in [-0.4, -0.2) is 20.7 Å². The van der Waals surface area contributed by atoms with E-state index in [0.717, 1.165) is 18.2 Å². The Hall–Kier alpha value is -2.22. The first-order valence-electron chi connectivity index (χ1n) is 6.06. The summed E-state index contributed by atoms with van der Waals surface area (Å²) in [6.45, 7) is 2.50. The summed E-state index contributed by atoms with van der Waals surface area (Å²) in [5, 5.41) is 6.80. The topological polar surface area (TPSA) is 120 Å². The van der Waals surface area contributed by atoms with Crippen molar-refractivity contribution in [1.29, 1.82) is 0 Å². The lowest BCUT2D eigenvalue weighted by Gasteiger charge is -2.09. The Balaban J connectivity index is 2.45. The summed E-state index contributed by atoms with van der Waals surface area (Å²) in [6, 6.07) is 4.92. The molecule has 0 fully saturated rings. The number of amides is 1. The number of carbonyl (C=O) groups is 1. The number of aromatic amines is 1. The van der Waals surface area contributed by atoms with Gasteiger partial charge >= 0.3 is 5.69 Å². The van der Waals surface area contributed by atoms with Crippen molar-refractivity contribution in [2.45, 2.75) is 29.9 Å². The molecule has 0 saturated carbocycles. The molecule has 1 aromatic heterocycles. The molecule has 1 amide bonds. The van der Waals surface area contributed by atoms with Crippen LogP contribution in [0.4, 0.5) is 5.69 Å². The minimum Gasteiger partial charge on any atom is -0.398 e. The predicted octanol–water partition coefficient (Wildman–Crippen LogP) is 0.814. The fraction of sp³-hybridized carbons (Fsp3) is 0.250. The molecule has 5 N–H and O–H groups in total. The van der Waals surface area contributed by atoms with Gasteiger partial charge in [0, 0.05) is 12.2 Å². The number of nitrogens with one attached hydrogen (secondary N) is 1. The van der Waals surface area contributed by atoms with Crippen molar-refractivity contribution in [1.82, 2.24) is 14.8 Å². The Labute approximate surface area is 119 Å². The molecular formula is C12H15N5O2S. The molecule has 2 rings (SSSR count). The van der Waals surface area contributed by atoms with E-state index >= 15 is 0 Å². The molecule has 106 valence electrons. The molecule has 0 aliphatic carbocycles. The van der Waals surface area contributed by atoms with Crippen molar-refractivity contribution in [2.24, 2.45) is 5.73 Å². The maximum Gasteiger partial charge on any atom is 0.343 e. The molecule has 1 heterocycles. The van der Waals surface area contributed by atoms with Crippen LogP contribution in [-0.2, 0) is 6.54 Å². The first kappa shape index (κ1) is 14.2. The lowest BCUT2D eigenvalue weighted by atomic mass is 10.2. The highest BCUT2D eigenvalue weighted by Gasteiger charge is 2.16. The average Bonchev–Trinajstić information content (AvgIpc) is 2.74. The van der Waals surface area contributed by atoms with E-state index < -0.39 is 5.91 Å². The van der Waals surface area contributed by atoms with Crippen molar-refractivity contribution in [3.8, 4) is 0 Å². The minimum atomic E-state index is -0.570. The molecule has 0 atom stereocenters. The molecule has 7 nitrogen and oxygen atoms in total. The number of aromatic nitrogens is 3. The first-order chi connectivity index (χ1) is 9.54. The van der Waals surface area contributed by atoms with Gasteiger partial charge in [0.15, 0.2) is 5.16 Å². The Morgan fingerprint density at radius 3 is 2.90 bits per heavy atom. The van der Waals surface area contributed by atoms with Gasteiger partial charge in [-0.1, -0.05) is 13.0 Å². The number of anilines is 1. The molecule has 8 heteroatoms. The molecule has 0 radical (unpaired) electrons. The number of H-pyrrole nitrogens is 1. The van der Waals surface area contributed by atoms with E-state index in [1.165, 1.54) is 4.57 Å². The second-order valence-electron chi connectivity index (χ2n) is 4.15. The number of rotatable bonds is 5. The third kappa shape index (κ3) is 2.69. The number of nitrogen functional groups attached to an aromatic ring is 1. The van der Waals surface area contributed by atoms with Gasteiger partial charge in [0.2, 0.25) is 5.91 Å². The SMILES string of the molecule is CCCn1c(Sc2c(N)cccc2C(N)=O)n[nH]c1=O. The van der Waals surface area contributed by atoms with Gasteiger partial charge < -0.3 is 11.5 Å².